The zero-order valence-electron chi connectivity index (χ0n) is 4.53. The minimum atomic E-state index is -6.00. The molecule has 0 fully saturated rings. The van der Waals surface area contributed by atoms with Crippen molar-refractivity contribution >= 4 is 14.5 Å². The Morgan fingerprint density at radius 2 is 0.455 bits per heavy atom. The molecule has 70 valence electrons. The maximum Gasteiger partial charge on any atom is 2.00 e. The van der Waals surface area contributed by atoms with Crippen LogP contribution in [0.25, 0.3) is 0 Å². The Bertz CT molecular complexity index is 55.1. The average Bonchev–Trinajstić information content (AvgIpc) is 1.12. The van der Waals surface area contributed by atoms with Gasteiger partial charge in [-0.15, -0.1) is 0 Å². The van der Waals surface area contributed by atoms with E-state index in [1.54, 1.807) is 0 Å². The van der Waals surface area contributed by atoms with Crippen molar-refractivity contribution in [3.63, 3.8) is 0 Å². The Morgan fingerprint density at radius 3 is 0.455 bits per heavy atom. The first-order valence-electron chi connectivity index (χ1n) is 1.75. The van der Waals surface area contributed by atoms with E-state index in [9.17, 15) is 34.5 Å². The molecule has 11 heteroatoms. The van der Waals surface area contributed by atoms with Gasteiger partial charge >= 0.3 is 34.0 Å². The Hall–Kier alpha value is 0.193. The van der Waals surface area contributed by atoms with Crippen molar-refractivity contribution in [2.24, 2.45) is 0 Å². The summed E-state index contributed by atoms with van der Waals surface area (Å²) in [5.74, 6) is 0. The first-order valence-corrected chi connectivity index (χ1v) is 1.75. The minimum Gasteiger partial charge on any atom is -0.418 e. The van der Waals surface area contributed by atoms with Crippen LogP contribution in [0.1, 0.15) is 0 Å². The third kappa shape index (κ3) is 18300. The molecule has 0 aliphatic heterocycles. The summed E-state index contributed by atoms with van der Waals surface area (Å²) < 4.78 is 78.0. The van der Waals surface area contributed by atoms with Gasteiger partial charge < -0.3 is 34.5 Å². The molecule has 0 saturated carbocycles. The van der Waals surface area contributed by atoms with E-state index in [1.165, 1.54) is 0 Å². The van der Waals surface area contributed by atoms with Crippen LogP contribution in [-0.4, -0.2) is 14.5 Å². The second-order valence-electron chi connectivity index (χ2n) is 0.990. The van der Waals surface area contributed by atoms with E-state index >= 15 is 0 Å². The van der Waals surface area contributed by atoms with Crippen LogP contribution in [0.2, 0.25) is 0 Å². The molecule has 0 nitrogen and oxygen atoms in total. The second kappa shape index (κ2) is 5.79. The summed E-state index contributed by atoms with van der Waals surface area (Å²) >= 11 is 0. The maximum absolute atomic E-state index is 9.75. The summed E-state index contributed by atoms with van der Waals surface area (Å²) in [7, 11) is -12.0. The third-order valence-electron chi connectivity index (χ3n) is 0. The summed E-state index contributed by atoms with van der Waals surface area (Å²) in [6.07, 6.45) is 0. The van der Waals surface area contributed by atoms with E-state index < -0.39 is 14.5 Å². The summed E-state index contributed by atoms with van der Waals surface area (Å²) in [5, 5.41) is 0. The van der Waals surface area contributed by atoms with E-state index in [1.807, 2.05) is 0 Å². The van der Waals surface area contributed by atoms with Crippen molar-refractivity contribution in [3.8, 4) is 0 Å². The Kier molecular flexibility index (Phi) is 9.13. The largest absolute Gasteiger partial charge is 2.00 e. The molecule has 0 aromatic heterocycles. The second-order valence-corrected chi connectivity index (χ2v) is 0.990. The summed E-state index contributed by atoms with van der Waals surface area (Å²) in [6, 6.07) is 0. The van der Waals surface area contributed by atoms with Crippen LogP contribution >= 0.6 is 0 Å². The van der Waals surface area contributed by atoms with Crippen LogP contribution in [0.15, 0.2) is 0 Å². The van der Waals surface area contributed by atoms with Crippen molar-refractivity contribution < 1.29 is 54.0 Å². The molecule has 0 atom stereocenters. The average molecular weight is 275 g/mol. The van der Waals surface area contributed by atoms with Gasteiger partial charge in [-0.3, -0.25) is 0 Å². The zero-order chi connectivity index (χ0) is 9.00. The molecule has 0 aromatic rings. The van der Waals surface area contributed by atoms with Gasteiger partial charge in [-0.2, -0.15) is 0 Å². The van der Waals surface area contributed by atoms with Gasteiger partial charge in [-0.05, 0) is 0 Å². The molecule has 0 radical (unpaired) electrons. The third-order valence-corrected chi connectivity index (χ3v) is 0. The molecule has 0 unspecified atom stereocenters. The molecule has 0 saturated heterocycles. The maximum atomic E-state index is 9.75. The SMILES string of the molecule is F[B-](F)(F)F.F[B-](F)(F)F.[Ru+2]. The Labute approximate surface area is 69.3 Å². The fourth-order valence-corrected chi connectivity index (χ4v) is 0. The van der Waals surface area contributed by atoms with Crippen molar-refractivity contribution in [2.75, 3.05) is 0 Å². The minimum absolute atomic E-state index is 0. The van der Waals surface area contributed by atoms with Crippen molar-refractivity contribution in [3.05, 3.63) is 0 Å². The van der Waals surface area contributed by atoms with E-state index in [0.717, 1.165) is 0 Å². The number of hydrogen-bond acceptors (Lipinski definition) is 0. The number of rotatable bonds is 0. The number of hydrogen-bond donors (Lipinski definition) is 0. The van der Waals surface area contributed by atoms with Crippen molar-refractivity contribution in [1.29, 1.82) is 0 Å². The molecular weight excluding hydrogens is 275 g/mol. The molecule has 0 N–H and O–H groups in total. The smallest absolute Gasteiger partial charge is 0.418 e. The molecule has 0 aromatic carbocycles. The molecule has 0 heterocycles. The molecular formula is B2F8Ru. The van der Waals surface area contributed by atoms with Gasteiger partial charge in [-0.1, -0.05) is 0 Å². The fraction of sp³-hybridized carbons (Fsp3) is 0. The van der Waals surface area contributed by atoms with Gasteiger partial charge in [0.2, 0.25) is 0 Å². The van der Waals surface area contributed by atoms with E-state index in [0.29, 0.717) is 0 Å². The van der Waals surface area contributed by atoms with E-state index in [4.69, 9.17) is 0 Å². The monoisotopic (exact) mass is 276 g/mol. The van der Waals surface area contributed by atoms with Gasteiger partial charge in [0.1, 0.15) is 0 Å². The summed E-state index contributed by atoms with van der Waals surface area (Å²) in [5.41, 5.74) is 0. The molecule has 0 bridgehead atoms. The Morgan fingerprint density at radius 1 is 0.455 bits per heavy atom. The van der Waals surface area contributed by atoms with Crippen molar-refractivity contribution in [1.82, 2.24) is 0 Å². The standard InChI is InChI=1S/2BF4.Ru/c2*2-1(3,4)5;/q2*-1;+2. The molecule has 11 heavy (non-hydrogen) atoms. The Balaban J connectivity index is -0.000000107. The predicted octanol–water partition coefficient (Wildman–Crippen LogP) is 2.60. The zero-order valence-corrected chi connectivity index (χ0v) is 6.27. The predicted molar refractivity (Wildman–Crippen MR) is 20.4 cm³/mol. The summed E-state index contributed by atoms with van der Waals surface area (Å²) in [6.45, 7) is 0. The van der Waals surface area contributed by atoms with Crippen LogP contribution in [0.3, 0.4) is 0 Å². The fourth-order valence-electron chi connectivity index (χ4n) is 0. The van der Waals surface area contributed by atoms with Crippen LogP contribution in [0.4, 0.5) is 34.5 Å². The van der Waals surface area contributed by atoms with Gasteiger partial charge in [0.15, 0.2) is 0 Å². The first-order chi connectivity index (χ1) is 4.00. The van der Waals surface area contributed by atoms with Gasteiger partial charge in [0, 0.05) is 0 Å². The van der Waals surface area contributed by atoms with Gasteiger partial charge in [0.05, 0.1) is 0 Å². The van der Waals surface area contributed by atoms with Crippen molar-refractivity contribution in [2.45, 2.75) is 0 Å². The quantitative estimate of drug-likeness (QED) is 0.470. The molecule has 0 aliphatic rings. The molecule has 0 spiro atoms. The first kappa shape index (κ1) is 17.3. The molecule has 0 amide bonds. The molecule has 0 aliphatic carbocycles. The number of halogens is 8. The van der Waals surface area contributed by atoms with Crippen LogP contribution < -0.4 is 0 Å². The van der Waals surface area contributed by atoms with Crippen LogP contribution in [-0.2, 0) is 19.5 Å². The van der Waals surface area contributed by atoms with Crippen LogP contribution in [0, 0.1) is 0 Å². The topological polar surface area (TPSA) is 0 Å². The molecule has 0 rings (SSSR count). The van der Waals surface area contributed by atoms with Gasteiger partial charge in [0.25, 0.3) is 0 Å². The van der Waals surface area contributed by atoms with Crippen LogP contribution in [0.5, 0.6) is 0 Å². The van der Waals surface area contributed by atoms with Gasteiger partial charge in [-0.25, -0.2) is 0 Å². The van der Waals surface area contributed by atoms with E-state index in [-0.39, 0.29) is 19.5 Å². The van der Waals surface area contributed by atoms with E-state index in [2.05, 4.69) is 0 Å². The normalized spacial score (nSPS) is 10.9. The summed E-state index contributed by atoms with van der Waals surface area (Å²) in [4.78, 5) is 0.